The summed E-state index contributed by atoms with van der Waals surface area (Å²) in [7, 11) is -2.11. The lowest BCUT2D eigenvalue weighted by Crippen LogP contribution is -2.31. The van der Waals surface area contributed by atoms with Crippen molar-refractivity contribution >= 4 is 38.6 Å². The van der Waals surface area contributed by atoms with Gasteiger partial charge in [0.15, 0.2) is 0 Å². The number of furan rings is 1. The molecule has 232 valence electrons. The maximum absolute atomic E-state index is 13.6. The number of hydrogen-bond acceptors (Lipinski definition) is 6. The molecular weight excluding hydrogens is 587 g/mol. The van der Waals surface area contributed by atoms with Gasteiger partial charge in [-0.1, -0.05) is 12.8 Å². The lowest BCUT2D eigenvalue weighted by Gasteiger charge is -2.25. The zero-order valence-electron chi connectivity index (χ0n) is 24.6. The van der Waals surface area contributed by atoms with Crippen LogP contribution in [0.15, 0.2) is 65.1 Å². The van der Waals surface area contributed by atoms with E-state index in [1.807, 2.05) is 6.07 Å². The number of amides is 1. The molecule has 5 rings (SSSR count). The first kappa shape index (κ1) is 31.1. The van der Waals surface area contributed by atoms with Crippen LogP contribution in [0.25, 0.3) is 22.3 Å². The number of hydrogen-bond donors (Lipinski definition) is 2. The Labute approximate surface area is 255 Å². The number of carboxylic acids is 1. The molecule has 0 bridgehead atoms. The van der Waals surface area contributed by atoms with E-state index < -0.39 is 21.8 Å². The molecule has 1 aliphatic carbocycles. The van der Waals surface area contributed by atoms with Crippen LogP contribution in [0, 0.1) is 5.82 Å². The molecular formula is C33H35FN2O7S. The van der Waals surface area contributed by atoms with Crippen molar-refractivity contribution in [2.24, 2.45) is 0 Å². The van der Waals surface area contributed by atoms with E-state index in [1.54, 1.807) is 30.3 Å². The quantitative estimate of drug-likeness (QED) is 0.152. The first-order valence-corrected chi connectivity index (χ1v) is 16.4. The molecule has 2 N–H and O–H groups in total. The summed E-state index contributed by atoms with van der Waals surface area (Å²) >= 11 is 0. The normalized spacial score (nSPS) is 13.2. The van der Waals surface area contributed by atoms with E-state index in [0.717, 1.165) is 37.7 Å². The number of halogens is 1. The summed E-state index contributed by atoms with van der Waals surface area (Å²) in [6.45, 7) is 0.753. The molecule has 11 heteroatoms. The lowest BCUT2D eigenvalue weighted by atomic mass is 10.0. The third-order valence-electron chi connectivity index (χ3n) is 7.71. The van der Waals surface area contributed by atoms with Gasteiger partial charge in [0.1, 0.15) is 22.9 Å². The van der Waals surface area contributed by atoms with Gasteiger partial charge in [0.2, 0.25) is 10.0 Å². The number of fused-ring (bicyclic) bond motifs is 1. The number of nitrogens with one attached hydrogen (secondary N) is 1. The number of anilines is 1. The van der Waals surface area contributed by atoms with Crippen LogP contribution in [0.1, 0.15) is 70.7 Å². The largest absolute Gasteiger partial charge is 0.494 e. The number of sulfonamides is 1. The second kappa shape index (κ2) is 13.1. The molecule has 0 spiro atoms. The van der Waals surface area contributed by atoms with Crippen LogP contribution in [0.3, 0.4) is 0 Å². The van der Waals surface area contributed by atoms with E-state index in [-0.39, 0.29) is 23.9 Å². The smallest absolute Gasteiger partial charge is 0.335 e. The van der Waals surface area contributed by atoms with Gasteiger partial charge in [-0.2, -0.15) is 0 Å². The minimum absolute atomic E-state index is 0.182. The Balaban J connectivity index is 1.33. The topological polar surface area (TPSA) is 126 Å². The van der Waals surface area contributed by atoms with Crippen molar-refractivity contribution < 1.29 is 36.7 Å². The van der Waals surface area contributed by atoms with E-state index in [2.05, 4.69) is 5.32 Å². The van der Waals surface area contributed by atoms with Crippen molar-refractivity contribution in [2.45, 2.75) is 44.4 Å². The van der Waals surface area contributed by atoms with Crippen molar-refractivity contribution in [1.29, 1.82) is 0 Å². The maximum Gasteiger partial charge on any atom is 0.335 e. The van der Waals surface area contributed by atoms with Crippen molar-refractivity contribution in [1.82, 2.24) is 5.32 Å². The molecule has 0 atom stereocenters. The van der Waals surface area contributed by atoms with E-state index in [4.69, 9.17) is 14.3 Å². The lowest BCUT2D eigenvalue weighted by molar-refractivity contribution is 0.0696. The molecule has 0 aliphatic heterocycles. The predicted octanol–water partition coefficient (Wildman–Crippen LogP) is 6.58. The molecule has 1 amide bonds. The van der Waals surface area contributed by atoms with Crippen LogP contribution in [0.2, 0.25) is 0 Å². The fraction of sp³-hybridized carbons (Fsp3) is 0.333. The highest BCUT2D eigenvalue weighted by molar-refractivity contribution is 7.92. The fourth-order valence-electron chi connectivity index (χ4n) is 5.30. The molecule has 0 radical (unpaired) electrons. The molecule has 1 saturated carbocycles. The van der Waals surface area contributed by atoms with E-state index in [9.17, 15) is 22.4 Å². The number of rotatable bonds is 14. The molecule has 0 saturated heterocycles. The molecule has 1 heterocycles. The van der Waals surface area contributed by atoms with Crippen LogP contribution in [0.5, 0.6) is 5.75 Å². The zero-order chi connectivity index (χ0) is 31.4. The molecule has 4 aromatic rings. The standard InChI is InChI=1S/C33H35FN2O7S/c1-35-32(37)30-27-19-26(21-7-8-21)28(20-29(27)43-31(30)22-9-13-24(34)14-10-22)36(44(2,40)41)17-5-3-4-6-18-42-25-15-11-23(12-16-25)33(38)39/h9-16,19-21H,3-8,17-18H2,1-2H3,(H,35,37)(H,38,39). The number of nitrogens with zero attached hydrogens (tertiary/aromatic N) is 1. The maximum atomic E-state index is 13.6. The zero-order valence-corrected chi connectivity index (χ0v) is 25.5. The van der Waals surface area contributed by atoms with Crippen LogP contribution < -0.4 is 14.4 Å². The highest BCUT2D eigenvalue weighted by Crippen LogP contribution is 2.48. The molecule has 1 aliphatic rings. The highest BCUT2D eigenvalue weighted by Gasteiger charge is 2.33. The van der Waals surface area contributed by atoms with Gasteiger partial charge in [-0.3, -0.25) is 9.10 Å². The Bertz CT molecular complexity index is 1760. The van der Waals surface area contributed by atoms with Gasteiger partial charge >= 0.3 is 5.97 Å². The number of unbranched alkanes of at least 4 members (excludes halogenated alkanes) is 3. The molecule has 1 aromatic heterocycles. The van der Waals surface area contributed by atoms with Crippen molar-refractivity contribution in [3.8, 4) is 17.1 Å². The number of carbonyl (C=O) groups is 2. The van der Waals surface area contributed by atoms with Crippen LogP contribution >= 0.6 is 0 Å². The number of benzene rings is 3. The Kier molecular flexibility index (Phi) is 9.24. The number of ether oxygens (including phenoxy) is 1. The molecule has 1 fully saturated rings. The summed E-state index contributed by atoms with van der Waals surface area (Å²) in [5, 5.41) is 12.3. The van der Waals surface area contributed by atoms with Crippen molar-refractivity contribution in [3.05, 3.63) is 83.2 Å². The van der Waals surface area contributed by atoms with Gasteiger partial charge in [0.05, 0.1) is 29.7 Å². The van der Waals surface area contributed by atoms with Gasteiger partial charge in [-0.25, -0.2) is 17.6 Å². The molecule has 0 unspecified atom stereocenters. The van der Waals surface area contributed by atoms with Crippen LogP contribution in [0.4, 0.5) is 10.1 Å². The number of carboxylic acid groups (broad SMARTS) is 1. The molecule has 3 aromatic carbocycles. The van der Waals surface area contributed by atoms with Crippen LogP contribution in [-0.2, 0) is 10.0 Å². The second-order valence-corrected chi connectivity index (χ2v) is 12.9. The minimum atomic E-state index is -3.63. The van der Waals surface area contributed by atoms with Crippen molar-refractivity contribution in [3.63, 3.8) is 0 Å². The average molecular weight is 623 g/mol. The first-order valence-electron chi connectivity index (χ1n) is 14.6. The second-order valence-electron chi connectivity index (χ2n) is 11.0. The predicted molar refractivity (Wildman–Crippen MR) is 167 cm³/mol. The van der Waals surface area contributed by atoms with Crippen molar-refractivity contribution in [2.75, 3.05) is 30.8 Å². The summed E-state index contributed by atoms with van der Waals surface area (Å²) in [4.78, 5) is 24.0. The van der Waals surface area contributed by atoms with E-state index in [0.29, 0.717) is 52.3 Å². The van der Waals surface area contributed by atoms with Gasteiger partial charge < -0.3 is 19.6 Å². The van der Waals surface area contributed by atoms with Gasteiger partial charge in [0.25, 0.3) is 5.91 Å². The third kappa shape index (κ3) is 7.05. The average Bonchev–Trinajstić information content (AvgIpc) is 3.78. The number of carbonyl (C=O) groups excluding carboxylic acids is 1. The molecule has 9 nitrogen and oxygen atoms in total. The molecule has 44 heavy (non-hydrogen) atoms. The summed E-state index contributed by atoms with van der Waals surface area (Å²) < 4.78 is 53.1. The Hall–Kier alpha value is -4.38. The summed E-state index contributed by atoms with van der Waals surface area (Å²) in [6, 6.07) is 15.5. The Morgan fingerprint density at radius 2 is 1.70 bits per heavy atom. The summed E-state index contributed by atoms with van der Waals surface area (Å²) in [5.41, 5.74) is 2.86. The summed E-state index contributed by atoms with van der Waals surface area (Å²) in [6.07, 6.45) is 6.04. The highest BCUT2D eigenvalue weighted by atomic mass is 32.2. The van der Waals surface area contributed by atoms with Gasteiger partial charge in [-0.15, -0.1) is 0 Å². The van der Waals surface area contributed by atoms with Gasteiger partial charge in [0, 0.05) is 30.6 Å². The first-order chi connectivity index (χ1) is 21.1. The number of aromatic carboxylic acids is 1. The monoisotopic (exact) mass is 622 g/mol. The SMILES string of the molecule is CNC(=O)c1c(-c2ccc(F)cc2)oc2cc(N(CCCCCCOc3ccc(C(=O)O)cc3)S(C)(=O)=O)c(C3CC3)cc12. The van der Waals surface area contributed by atoms with E-state index in [1.165, 1.54) is 41.9 Å². The minimum Gasteiger partial charge on any atom is -0.494 e. The van der Waals surface area contributed by atoms with E-state index >= 15 is 0 Å². The third-order valence-corrected chi connectivity index (χ3v) is 8.89. The van der Waals surface area contributed by atoms with Crippen LogP contribution in [-0.4, -0.2) is 51.9 Å². The Morgan fingerprint density at radius 1 is 1.02 bits per heavy atom. The fourth-order valence-corrected chi connectivity index (χ4v) is 6.28. The van der Waals surface area contributed by atoms with Gasteiger partial charge in [-0.05, 0) is 91.8 Å². The Morgan fingerprint density at radius 3 is 2.32 bits per heavy atom. The summed E-state index contributed by atoms with van der Waals surface area (Å²) in [5.74, 6) is -0.670.